The summed E-state index contributed by atoms with van der Waals surface area (Å²) in [6.07, 6.45) is 3.95. The lowest BCUT2D eigenvalue weighted by Gasteiger charge is -2.68. The van der Waals surface area contributed by atoms with Gasteiger partial charge in [0.05, 0.1) is 29.5 Å². The molecule has 0 aromatic heterocycles. The molecule has 206 valence electrons. The highest BCUT2D eigenvalue weighted by Gasteiger charge is 2.71. The van der Waals surface area contributed by atoms with E-state index >= 15 is 0 Å². The number of aliphatic hydroxyl groups excluding tert-OH is 2. The first-order valence-corrected chi connectivity index (χ1v) is 14.1. The van der Waals surface area contributed by atoms with Gasteiger partial charge >= 0.3 is 5.97 Å². The van der Waals surface area contributed by atoms with Crippen molar-refractivity contribution in [2.24, 2.45) is 39.9 Å². The molecule has 0 unspecified atom stereocenters. The van der Waals surface area contributed by atoms with Crippen LogP contribution in [0, 0.1) is 39.9 Å². The van der Waals surface area contributed by atoms with Crippen molar-refractivity contribution in [2.45, 2.75) is 129 Å². The molecule has 1 heterocycles. The molecule has 3 aliphatic carbocycles. The van der Waals surface area contributed by atoms with Gasteiger partial charge in [-0.3, -0.25) is 4.79 Å². The summed E-state index contributed by atoms with van der Waals surface area (Å²) in [4.78, 5) is 11.6. The molecule has 6 heteroatoms. The van der Waals surface area contributed by atoms with Crippen LogP contribution in [-0.2, 0) is 9.53 Å². The molecule has 0 aromatic rings. The maximum absolute atomic E-state index is 11.9. The number of allylic oxidation sites excluding steroid dienone is 1. The summed E-state index contributed by atoms with van der Waals surface area (Å²) in [5.74, 6) is -0.0851. The van der Waals surface area contributed by atoms with Crippen LogP contribution in [0.1, 0.15) is 99.8 Å². The Balaban J connectivity index is 1.71. The van der Waals surface area contributed by atoms with Crippen LogP contribution in [0.15, 0.2) is 12.2 Å². The SMILES string of the molecule is C=C(C)[C@@H]1C[C@H](O)[C@]2(C)[C@H](CC[C@H]3[C@@H]([C@@]4(C)O[C@@H](C(C)(C)O)C[C@@H]4O)CC[C@]32C)[C@@]1(C)CCC(=O)O. The van der Waals surface area contributed by atoms with Crippen molar-refractivity contribution in [3.63, 3.8) is 0 Å². The highest BCUT2D eigenvalue weighted by Crippen LogP contribution is 2.74. The van der Waals surface area contributed by atoms with Crippen molar-refractivity contribution in [3.8, 4) is 0 Å². The van der Waals surface area contributed by atoms with E-state index in [1.807, 2.05) is 13.8 Å². The van der Waals surface area contributed by atoms with Gasteiger partial charge in [0, 0.05) is 18.3 Å². The van der Waals surface area contributed by atoms with Crippen molar-refractivity contribution in [1.29, 1.82) is 0 Å². The summed E-state index contributed by atoms with van der Waals surface area (Å²) >= 11 is 0. The Labute approximate surface area is 217 Å². The minimum Gasteiger partial charge on any atom is -0.481 e. The first kappa shape index (κ1) is 28.1. The largest absolute Gasteiger partial charge is 0.481 e. The van der Waals surface area contributed by atoms with E-state index in [0.717, 1.165) is 31.3 Å². The van der Waals surface area contributed by atoms with Crippen molar-refractivity contribution < 1.29 is 30.0 Å². The standard InChI is InChI=1S/C30H50O6/c1-17(2)20-15-22(31)29(7)21(27(20,5)13-12-25(33)34)10-9-18-19(11-14-28(18,29)6)30(8)23(32)16-24(36-30)26(3,4)35/h18-24,31-32,35H,1,9-16H2,2-8H3,(H,33,34)/t18-,19-,20-,21+,22-,23-,24+,27-,28+,29-,30+/m0/s1. The molecule has 11 atom stereocenters. The molecule has 3 saturated carbocycles. The maximum atomic E-state index is 11.9. The molecule has 4 N–H and O–H groups in total. The number of carboxylic acid groups (broad SMARTS) is 1. The zero-order valence-corrected chi connectivity index (χ0v) is 23.5. The number of rotatable bonds is 6. The number of ether oxygens (including phenoxy) is 1. The summed E-state index contributed by atoms with van der Waals surface area (Å²) in [6, 6.07) is 0. The summed E-state index contributed by atoms with van der Waals surface area (Å²) in [7, 11) is 0. The second-order valence-corrected chi connectivity index (χ2v) is 14.3. The second-order valence-electron chi connectivity index (χ2n) is 14.3. The predicted molar refractivity (Wildman–Crippen MR) is 139 cm³/mol. The van der Waals surface area contributed by atoms with E-state index in [4.69, 9.17) is 4.74 Å². The molecule has 4 rings (SSSR count). The molecule has 0 aromatic carbocycles. The van der Waals surface area contributed by atoms with Gasteiger partial charge < -0.3 is 25.2 Å². The molecule has 4 aliphatic rings. The number of carbonyl (C=O) groups is 1. The zero-order chi connectivity index (χ0) is 27.1. The zero-order valence-electron chi connectivity index (χ0n) is 23.5. The predicted octanol–water partition coefficient (Wildman–Crippen LogP) is 4.94. The lowest BCUT2D eigenvalue weighted by molar-refractivity contribution is -0.233. The molecular weight excluding hydrogens is 456 g/mol. The molecule has 0 spiro atoms. The molecule has 6 nitrogen and oxygen atoms in total. The Morgan fingerprint density at radius 2 is 1.67 bits per heavy atom. The third kappa shape index (κ3) is 3.84. The fourth-order valence-corrected chi connectivity index (χ4v) is 9.94. The highest BCUT2D eigenvalue weighted by atomic mass is 16.5. The summed E-state index contributed by atoms with van der Waals surface area (Å²) < 4.78 is 6.51. The fourth-order valence-electron chi connectivity index (χ4n) is 9.94. The van der Waals surface area contributed by atoms with Crippen LogP contribution in [0.4, 0.5) is 0 Å². The number of hydrogen-bond donors (Lipinski definition) is 4. The quantitative estimate of drug-likeness (QED) is 0.380. The van der Waals surface area contributed by atoms with Gasteiger partial charge in [-0.15, -0.1) is 0 Å². The Morgan fingerprint density at radius 3 is 2.19 bits per heavy atom. The van der Waals surface area contributed by atoms with E-state index in [9.17, 15) is 25.2 Å². The summed E-state index contributed by atoms with van der Waals surface area (Å²) in [6.45, 7) is 18.7. The highest BCUT2D eigenvalue weighted by molar-refractivity contribution is 5.66. The van der Waals surface area contributed by atoms with Crippen LogP contribution in [-0.4, -0.2) is 55.9 Å². The average Bonchev–Trinajstić information content (AvgIpc) is 3.28. The number of fused-ring (bicyclic) bond motifs is 3. The lowest BCUT2D eigenvalue weighted by Crippen LogP contribution is -2.65. The van der Waals surface area contributed by atoms with Gasteiger partial charge in [-0.05, 0) is 101 Å². The van der Waals surface area contributed by atoms with E-state index < -0.39 is 35.5 Å². The monoisotopic (exact) mass is 506 g/mol. The van der Waals surface area contributed by atoms with E-state index in [1.54, 1.807) is 13.8 Å². The maximum Gasteiger partial charge on any atom is 0.303 e. The molecule has 0 radical (unpaired) electrons. The first-order valence-electron chi connectivity index (χ1n) is 14.1. The smallest absolute Gasteiger partial charge is 0.303 e. The van der Waals surface area contributed by atoms with E-state index in [2.05, 4.69) is 27.4 Å². The second kappa shape index (κ2) is 8.79. The summed E-state index contributed by atoms with van der Waals surface area (Å²) in [5, 5.41) is 43.2. The third-order valence-corrected chi connectivity index (χ3v) is 12.2. The van der Waals surface area contributed by atoms with Crippen LogP contribution in [0.25, 0.3) is 0 Å². The molecule has 0 amide bonds. The molecule has 4 fully saturated rings. The van der Waals surface area contributed by atoms with E-state index in [1.165, 1.54) is 0 Å². The number of aliphatic carboxylic acids is 1. The minimum atomic E-state index is -1.02. The van der Waals surface area contributed by atoms with Gasteiger partial charge in [0.1, 0.15) is 0 Å². The topological polar surface area (TPSA) is 107 Å². The Morgan fingerprint density at radius 1 is 1.03 bits per heavy atom. The first-order chi connectivity index (χ1) is 16.4. The Bertz CT molecular complexity index is 894. The molecule has 1 saturated heterocycles. The van der Waals surface area contributed by atoms with Crippen molar-refractivity contribution >= 4 is 5.97 Å². The van der Waals surface area contributed by atoms with Crippen LogP contribution >= 0.6 is 0 Å². The average molecular weight is 507 g/mol. The number of aliphatic hydroxyl groups is 3. The molecule has 1 aliphatic heterocycles. The van der Waals surface area contributed by atoms with Crippen molar-refractivity contribution in [2.75, 3.05) is 0 Å². The number of carboxylic acids is 1. The van der Waals surface area contributed by atoms with Crippen molar-refractivity contribution in [3.05, 3.63) is 12.2 Å². The van der Waals surface area contributed by atoms with Crippen LogP contribution in [0.5, 0.6) is 0 Å². The van der Waals surface area contributed by atoms with Gasteiger partial charge in [0.25, 0.3) is 0 Å². The molecular formula is C30H50O6. The molecule has 0 bridgehead atoms. The van der Waals surface area contributed by atoms with Crippen LogP contribution < -0.4 is 0 Å². The van der Waals surface area contributed by atoms with Gasteiger partial charge in [-0.2, -0.15) is 0 Å². The van der Waals surface area contributed by atoms with E-state index in [-0.39, 0.29) is 46.3 Å². The van der Waals surface area contributed by atoms with Gasteiger partial charge in [0.15, 0.2) is 0 Å². The fraction of sp³-hybridized carbons (Fsp3) is 0.900. The summed E-state index contributed by atoms with van der Waals surface area (Å²) in [5.41, 5.74) is -1.50. The van der Waals surface area contributed by atoms with Gasteiger partial charge in [-0.25, -0.2) is 0 Å². The molecule has 36 heavy (non-hydrogen) atoms. The Kier molecular flexibility index (Phi) is 6.85. The van der Waals surface area contributed by atoms with Gasteiger partial charge in [0.2, 0.25) is 0 Å². The van der Waals surface area contributed by atoms with Crippen LogP contribution in [0.3, 0.4) is 0 Å². The number of hydrogen-bond acceptors (Lipinski definition) is 5. The van der Waals surface area contributed by atoms with Crippen molar-refractivity contribution in [1.82, 2.24) is 0 Å². The minimum absolute atomic E-state index is 0.0901. The third-order valence-electron chi connectivity index (χ3n) is 12.2. The normalized spacial score (nSPS) is 51.0. The van der Waals surface area contributed by atoms with Crippen LogP contribution in [0.2, 0.25) is 0 Å². The van der Waals surface area contributed by atoms with Gasteiger partial charge in [-0.1, -0.05) is 32.9 Å². The van der Waals surface area contributed by atoms with E-state index in [0.29, 0.717) is 19.3 Å². The Hall–Kier alpha value is -0.950. The lowest BCUT2D eigenvalue weighted by atomic mass is 9.37.